The Labute approximate surface area is 316 Å². The van der Waals surface area contributed by atoms with Gasteiger partial charge in [-0.2, -0.15) is 0 Å². The average molecular weight is 766 g/mol. The molecular formula is C37H35Cl3N8O4. The van der Waals surface area contributed by atoms with Crippen LogP contribution in [0, 0.1) is 6.92 Å². The molecule has 12 nitrogen and oxygen atoms in total. The van der Waals surface area contributed by atoms with Crippen molar-refractivity contribution >= 4 is 78.3 Å². The van der Waals surface area contributed by atoms with E-state index in [0.29, 0.717) is 53.0 Å². The summed E-state index contributed by atoms with van der Waals surface area (Å²) in [6, 6.07) is 29.7. The van der Waals surface area contributed by atoms with Crippen molar-refractivity contribution in [1.29, 1.82) is 0 Å². The number of aryl methyl sites for hydroxylation is 1. The highest BCUT2D eigenvalue weighted by Gasteiger charge is 2.14. The molecule has 0 atom stereocenters. The van der Waals surface area contributed by atoms with Crippen molar-refractivity contribution in [3.05, 3.63) is 160 Å². The number of nitrogens with two attached hydrogens (primary N) is 1. The van der Waals surface area contributed by atoms with E-state index in [1.165, 1.54) is 17.6 Å². The fourth-order valence-electron chi connectivity index (χ4n) is 4.87. The fourth-order valence-corrected chi connectivity index (χ4v) is 4.87. The molecule has 268 valence electrons. The number of nitrogens with zero attached hydrogens (tertiary/aromatic N) is 6. The van der Waals surface area contributed by atoms with E-state index in [1.54, 1.807) is 34.9 Å². The Morgan fingerprint density at radius 2 is 1.25 bits per heavy atom. The third-order valence-corrected chi connectivity index (χ3v) is 6.90. The molecule has 52 heavy (non-hydrogen) atoms. The van der Waals surface area contributed by atoms with Crippen molar-refractivity contribution in [3.63, 3.8) is 0 Å². The summed E-state index contributed by atoms with van der Waals surface area (Å²) in [5, 5.41) is 8.85. The molecule has 3 N–H and O–H groups in total. The van der Waals surface area contributed by atoms with Crippen LogP contribution in [0.15, 0.2) is 132 Å². The van der Waals surface area contributed by atoms with Gasteiger partial charge in [-0.1, -0.05) is 84.9 Å². The van der Waals surface area contributed by atoms with Gasteiger partial charge in [0.05, 0.1) is 37.6 Å². The Morgan fingerprint density at radius 3 is 1.79 bits per heavy atom. The van der Waals surface area contributed by atoms with Crippen LogP contribution in [0.25, 0.3) is 27.6 Å². The van der Waals surface area contributed by atoms with E-state index >= 15 is 0 Å². The van der Waals surface area contributed by atoms with Crippen LogP contribution in [0.5, 0.6) is 0 Å². The van der Waals surface area contributed by atoms with E-state index in [-0.39, 0.29) is 22.4 Å². The number of carbonyl (C=O) groups is 2. The highest BCUT2D eigenvalue weighted by molar-refractivity contribution is 6.93. The Balaban J connectivity index is 0.000000234. The van der Waals surface area contributed by atoms with Crippen LogP contribution >= 0.6 is 34.8 Å². The summed E-state index contributed by atoms with van der Waals surface area (Å²) >= 11 is 13.4. The number of nitrogen functional groups attached to an aromatic ring is 1. The standard InChI is InChI=1S/C17H14N4O.C15H14N4O.C2H3ClO.C2H4.CCl2O/c1-12-18-19-17-20(11-13-7-3-2-4-8-13)16(22)14-9-5-6-10-15(14)21(12)17;16-18-15-17-13-9-5-4-8-12(13)14(20)19(15)10-11-6-2-1-3-7-11;1-2(3)4;1-2;2-1(3)4/h2-10H,11H2,1H3;1-9H,10,16H2,(H,17,18);1H3;1-2H2;/i5T;4T;;;. The molecule has 0 aliphatic carbocycles. The first-order valence-corrected chi connectivity index (χ1v) is 16.4. The van der Waals surface area contributed by atoms with Crippen molar-refractivity contribution < 1.29 is 12.3 Å². The van der Waals surface area contributed by atoms with Gasteiger partial charge in [0.1, 0.15) is 5.82 Å². The Morgan fingerprint density at radius 1 is 0.769 bits per heavy atom. The molecule has 0 fully saturated rings. The van der Waals surface area contributed by atoms with E-state index in [0.717, 1.165) is 16.6 Å². The molecule has 15 heteroatoms. The molecule has 0 radical (unpaired) electrons. The molecule has 3 heterocycles. The van der Waals surface area contributed by atoms with Gasteiger partial charge in [0, 0.05) is 6.92 Å². The fraction of sp³-hybridized carbons (Fsp3) is 0.108. The van der Waals surface area contributed by atoms with Gasteiger partial charge in [0.2, 0.25) is 17.0 Å². The molecule has 0 unspecified atom stereocenters. The van der Waals surface area contributed by atoms with Gasteiger partial charge in [-0.15, -0.1) is 23.4 Å². The maximum absolute atomic E-state index is 12.9. The van der Waals surface area contributed by atoms with Crippen molar-refractivity contribution in [2.24, 2.45) is 5.84 Å². The lowest BCUT2D eigenvalue weighted by Crippen LogP contribution is -2.27. The minimum atomic E-state index is -0.889. The maximum Gasteiger partial charge on any atom is 0.313 e. The van der Waals surface area contributed by atoms with Crippen molar-refractivity contribution in [3.8, 4) is 0 Å². The number of hydrogen-bond donors (Lipinski definition) is 2. The second kappa shape index (κ2) is 20.3. The SMILES string of the molecule is C=C.CC(=O)Cl.O=C(Cl)Cl.[3H]c1ccc2c(c1)c(=O)n(Cc1ccccc1)c1nnc(C)n21.[3H]c1ccc2nc(NN)n(Cc3ccccc3)c(=O)c2c1. The molecule has 4 aromatic carbocycles. The Hall–Kier alpha value is -5.66. The van der Waals surface area contributed by atoms with Crippen molar-refractivity contribution in [1.82, 2.24) is 28.7 Å². The summed E-state index contributed by atoms with van der Waals surface area (Å²) in [5.41, 5.74) is 5.33. The van der Waals surface area contributed by atoms with Crippen LogP contribution in [-0.4, -0.2) is 38.7 Å². The summed E-state index contributed by atoms with van der Waals surface area (Å²) in [6.45, 7) is 9.93. The summed E-state index contributed by atoms with van der Waals surface area (Å²) in [7, 11) is 0. The molecule has 7 rings (SSSR count). The van der Waals surface area contributed by atoms with Gasteiger partial charge in [-0.3, -0.25) is 38.1 Å². The molecule has 3 aromatic heterocycles. The normalized spacial score (nSPS) is 10.5. The summed E-state index contributed by atoms with van der Waals surface area (Å²) in [6.07, 6.45) is 0. The number of halogens is 3. The van der Waals surface area contributed by atoms with Gasteiger partial charge >= 0.3 is 4.70 Å². The average Bonchev–Trinajstić information content (AvgIpc) is 3.54. The van der Waals surface area contributed by atoms with E-state index in [1.807, 2.05) is 72.0 Å². The van der Waals surface area contributed by atoms with E-state index in [4.69, 9.17) is 13.4 Å². The van der Waals surface area contributed by atoms with Crippen LogP contribution in [0.3, 0.4) is 0 Å². The topological polar surface area (TPSA) is 159 Å². The summed E-state index contributed by atoms with van der Waals surface area (Å²) in [4.78, 5) is 48.0. The zero-order chi connectivity index (χ0) is 39.9. The molecule has 0 aliphatic heterocycles. The third-order valence-electron chi connectivity index (χ3n) is 6.90. The molecule has 0 aliphatic rings. The number of aromatic nitrogens is 6. The van der Waals surface area contributed by atoms with Crippen LogP contribution < -0.4 is 22.4 Å². The number of carbonyl (C=O) groups excluding carboxylic acids is 2. The second-order valence-electron chi connectivity index (χ2n) is 10.3. The summed E-state index contributed by atoms with van der Waals surface area (Å²) < 4.78 is 19.5. The van der Waals surface area contributed by atoms with Crippen LogP contribution in [0.2, 0.25) is 0 Å². The molecule has 0 amide bonds. The first-order valence-electron chi connectivity index (χ1n) is 16.2. The lowest BCUT2D eigenvalue weighted by atomic mass is 10.2. The number of hydrogen-bond acceptors (Lipinski definition) is 9. The van der Waals surface area contributed by atoms with Crippen LogP contribution in [-0.2, 0) is 17.9 Å². The highest BCUT2D eigenvalue weighted by atomic mass is 35.5. The molecule has 0 saturated heterocycles. The molecule has 7 aromatic rings. The third kappa shape index (κ3) is 10.9. The monoisotopic (exact) mass is 764 g/mol. The minimum Gasteiger partial charge on any atom is -0.294 e. The Bertz CT molecular complexity index is 2480. The summed E-state index contributed by atoms with van der Waals surface area (Å²) in [5.74, 6) is 7.01. The van der Waals surface area contributed by atoms with Gasteiger partial charge in [0.15, 0.2) is 0 Å². The first-order chi connectivity index (χ1) is 25.8. The van der Waals surface area contributed by atoms with E-state index in [2.05, 4.69) is 68.6 Å². The number of fused-ring (bicyclic) bond motifs is 4. The van der Waals surface area contributed by atoms with Crippen LogP contribution in [0.4, 0.5) is 10.7 Å². The van der Waals surface area contributed by atoms with Crippen LogP contribution in [0.1, 0.15) is 26.6 Å². The largest absolute Gasteiger partial charge is 0.313 e. The van der Waals surface area contributed by atoms with E-state index < -0.39 is 4.70 Å². The number of benzene rings is 4. The first kappa shape index (κ1) is 37.6. The molecular weight excluding hydrogens is 727 g/mol. The van der Waals surface area contributed by atoms with Crippen molar-refractivity contribution in [2.45, 2.75) is 26.9 Å². The Kier molecular flexibility index (Phi) is 14.6. The molecule has 0 bridgehead atoms. The highest BCUT2D eigenvalue weighted by Crippen LogP contribution is 2.15. The minimum absolute atomic E-state index is 0.155. The smallest absolute Gasteiger partial charge is 0.294 e. The predicted molar refractivity (Wildman–Crippen MR) is 209 cm³/mol. The lowest BCUT2D eigenvalue weighted by Gasteiger charge is -2.12. The van der Waals surface area contributed by atoms with Gasteiger partial charge in [-0.25, -0.2) is 10.8 Å². The lowest BCUT2D eigenvalue weighted by molar-refractivity contribution is -0.109. The molecule has 0 spiro atoms. The van der Waals surface area contributed by atoms with Crippen molar-refractivity contribution in [2.75, 3.05) is 5.43 Å². The van der Waals surface area contributed by atoms with Gasteiger partial charge < -0.3 is 0 Å². The second-order valence-corrected chi connectivity index (χ2v) is 11.7. The quantitative estimate of drug-likeness (QED) is 0.0794. The number of hydrazine groups is 1. The number of anilines is 1. The zero-order valence-electron chi connectivity index (χ0n) is 30.1. The van der Waals surface area contributed by atoms with Gasteiger partial charge in [-0.05, 0) is 77.1 Å². The van der Waals surface area contributed by atoms with Gasteiger partial charge in [0.25, 0.3) is 11.1 Å². The van der Waals surface area contributed by atoms with E-state index in [9.17, 15) is 14.4 Å². The maximum atomic E-state index is 12.9. The molecule has 0 saturated carbocycles. The number of para-hydroxylation sites is 2. The number of rotatable bonds is 5. The zero-order valence-corrected chi connectivity index (χ0v) is 30.4. The number of nitrogens with one attached hydrogen (secondary N) is 1. The predicted octanol–water partition coefficient (Wildman–Crippen LogP) is 7.29.